The number of nitro benzene ring substituents is 1. The van der Waals surface area contributed by atoms with Crippen LogP contribution in [0.15, 0.2) is 59.8 Å². The second-order valence-corrected chi connectivity index (χ2v) is 11.2. The third-order valence-corrected chi connectivity index (χ3v) is 7.75. The van der Waals surface area contributed by atoms with Gasteiger partial charge in [0, 0.05) is 35.2 Å². The minimum absolute atomic E-state index is 0.0522. The lowest BCUT2D eigenvalue weighted by Gasteiger charge is -2.21. The molecule has 0 aliphatic heterocycles. The van der Waals surface area contributed by atoms with E-state index in [1.165, 1.54) is 47.4 Å². The number of aryl methyl sites for hydroxylation is 1. The molecule has 39 heavy (non-hydrogen) atoms. The van der Waals surface area contributed by atoms with Crippen LogP contribution in [0.2, 0.25) is 0 Å². The summed E-state index contributed by atoms with van der Waals surface area (Å²) in [6, 6.07) is 14.8. The molecule has 2 heterocycles. The quantitative estimate of drug-likeness (QED) is 0.155. The third-order valence-electron chi connectivity index (χ3n) is 5.84. The molecule has 0 fully saturated rings. The Balaban J connectivity index is 1.40. The number of benzene rings is 2. The first-order valence-electron chi connectivity index (χ1n) is 12.0. The molecule has 4 rings (SSSR count). The van der Waals surface area contributed by atoms with Crippen LogP contribution in [-0.4, -0.2) is 42.2 Å². The first kappa shape index (κ1) is 27.9. The van der Waals surface area contributed by atoms with Gasteiger partial charge in [-0.15, -0.1) is 21.5 Å². The molecule has 0 aliphatic carbocycles. The largest absolute Gasteiger partial charge is 0.342 e. The maximum absolute atomic E-state index is 12.9. The molecule has 0 spiro atoms. The van der Waals surface area contributed by atoms with Crippen molar-refractivity contribution in [1.82, 2.24) is 25.1 Å². The molecular formula is C26H27N7O4S2. The smallest absolute Gasteiger partial charge is 0.270 e. The molecule has 1 atom stereocenters. The lowest BCUT2D eigenvalue weighted by atomic mass is 10.0. The number of hydrogen-bond donors (Lipinski definition) is 2. The highest BCUT2D eigenvalue weighted by Crippen LogP contribution is 2.30. The van der Waals surface area contributed by atoms with Crippen molar-refractivity contribution in [2.24, 2.45) is 13.0 Å². The van der Waals surface area contributed by atoms with E-state index in [0.29, 0.717) is 16.1 Å². The van der Waals surface area contributed by atoms with Crippen LogP contribution < -0.4 is 10.6 Å². The van der Waals surface area contributed by atoms with Crippen molar-refractivity contribution in [2.45, 2.75) is 32.0 Å². The van der Waals surface area contributed by atoms with Crippen LogP contribution in [0.3, 0.4) is 0 Å². The van der Waals surface area contributed by atoms with Crippen LogP contribution in [0.25, 0.3) is 11.3 Å². The Bertz CT molecular complexity index is 1500. The van der Waals surface area contributed by atoms with E-state index in [0.717, 1.165) is 16.1 Å². The van der Waals surface area contributed by atoms with Crippen molar-refractivity contribution >= 4 is 45.7 Å². The highest BCUT2D eigenvalue weighted by Gasteiger charge is 2.26. The standard InChI is InChI=1S/C26H27N7O4S2/c1-15(2)21(28-24(35)18-11-8-12-19(13-18)33(36)37)23-30-31-26(32(23)4)38-14-20(34)27-25-29-22(16(3)39-25)17-9-6-5-7-10-17/h5-13,15,21H,14H2,1-4H3,(H,28,35)(H,27,29,34)/t21-/m1/s1. The van der Waals surface area contributed by atoms with Crippen LogP contribution in [0, 0.1) is 23.0 Å². The zero-order valence-electron chi connectivity index (χ0n) is 21.7. The van der Waals surface area contributed by atoms with Crippen LogP contribution in [0.4, 0.5) is 10.8 Å². The Morgan fingerprint density at radius 1 is 1.13 bits per heavy atom. The summed E-state index contributed by atoms with van der Waals surface area (Å²) in [5.74, 6) is -0.129. The van der Waals surface area contributed by atoms with Crippen molar-refractivity contribution in [2.75, 3.05) is 11.1 Å². The topological polar surface area (TPSA) is 145 Å². The summed E-state index contributed by atoms with van der Waals surface area (Å²) in [4.78, 5) is 41.6. The van der Waals surface area contributed by atoms with Gasteiger partial charge >= 0.3 is 0 Å². The number of non-ortho nitro benzene ring substituents is 1. The van der Waals surface area contributed by atoms with E-state index in [2.05, 4.69) is 25.8 Å². The van der Waals surface area contributed by atoms with Crippen molar-refractivity contribution in [3.05, 3.63) is 81.0 Å². The summed E-state index contributed by atoms with van der Waals surface area (Å²) < 4.78 is 1.73. The van der Waals surface area contributed by atoms with E-state index < -0.39 is 16.9 Å². The van der Waals surface area contributed by atoms with Gasteiger partial charge in [-0.2, -0.15) is 0 Å². The molecule has 2 N–H and O–H groups in total. The van der Waals surface area contributed by atoms with Crippen LogP contribution >= 0.6 is 23.1 Å². The fraction of sp³-hybridized carbons (Fsp3) is 0.269. The Hall–Kier alpha value is -4.10. The average Bonchev–Trinajstić information content (AvgIpc) is 3.47. The molecule has 11 nitrogen and oxygen atoms in total. The van der Waals surface area contributed by atoms with Crippen molar-refractivity contribution < 1.29 is 14.5 Å². The molecule has 2 aromatic carbocycles. The number of thioether (sulfide) groups is 1. The normalized spacial score (nSPS) is 11.8. The number of nitrogens with one attached hydrogen (secondary N) is 2. The van der Waals surface area contributed by atoms with Crippen molar-refractivity contribution in [3.63, 3.8) is 0 Å². The summed E-state index contributed by atoms with van der Waals surface area (Å²) in [5.41, 5.74) is 1.85. The monoisotopic (exact) mass is 565 g/mol. The van der Waals surface area contributed by atoms with Crippen LogP contribution in [-0.2, 0) is 11.8 Å². The Kier molecular flexibility index (Phi) is 8.72. The maximum Gasteiger partial charge on any atom is 0.270 e. The fourth-order valence-corrected chi connectivity index (χ4v) is 5.41. The minimum Gasteiger partial charge on any atom is -0.342 e. The Labute approximate surface area is 233 Å². The number of amides is 2. The van der Waals surface area contributed by atoms with Gasteiger partial charge in [0.25, 0.3) is 11.6 Å². The summed E-state index contributed by atoms with van der Waals surface area (Å²) in [6.07, 6.45) is 0. The van der Waals surface area contributed by atoms with Crippen LogP contribution in [0.5, 0.6) is 0 Å². The number of thiazole rings is 1. The molecule has 0 aliphatic rings. The summed E-state index contributed by atoms with van der Waals surface area (Å²) in [7, 11) is 1.76. The molecule has 0 radical (unpaired) electrons. The van der Waals surface area contributed by atoms with Gasteiger partial charge in [0.15, 0.2) is 16.1 Å². The van der Waals surface area contributed by atoms with Gasteiger partial charge in [0.1, 0.15) is 0 Å². The lowest BCUT2D eigenvalue weighted by Crippen LogP contribution is -2.33. The third kappa shape index (κ3) is 6.67. The second-order valence-electron chi connectivity index (χ2n) is 9.03. The predicted octanol–water partition coefficient (Wildman–Crippen LogP) is 5.01. The fourth-order valence-electron chi connectivity index (χ4n) is 3.84. The zero-order chi connectivity index (χ0) is 28.1. The first-order valence-corrected chi connectivity index (χ1v) is 13.8. The SMILES string of the molecule is Cc1sc(NC(=O)CSc2nnc([C@H](NC(=O)c3cccc([N+](=O)[O-])c3)C(C)C)n2C)nc1-c1ccccc1. The number of rotatable bonds is 10. The van der Waals surface area contributed by atoms with Gasteiger partial charge in [-0.25, -0.2) is 4.98 Å². The molecule has 13 heteroatoms. The van der Waals surface area contributed by atoms with Gasteiger partial charge in [0.05, 0.1) is 22.4 Å². The number of hydrogen-bond acceptors (Lipinski definition) is 9. The molecule has 2 aromatic heterocycles. The number of carbonyl (C=O) groups is 2. The van der Waals surface area contributed by atoms with E-state index in [9.17, 15) is 19.7 Å². The number of carbonyl (C=O) groups excluding carboxylic acids is 2. The average molecular weight is 566 g/mol. The Morgan fingerprint density at radius 2 is 1.87 bits per heavy atom. The second kappa shape index (κ2) is 12.2. The van der Waals surface area contributed by atoms with Crippen molar-refractivity contribution in [3.8, 4) is 11.3 Å². The molecule has 4 aromatic rings. The molecule has 0 saturated carbocycles. The van der Waals surface area contributed by atoms with Gasteiger partial charge in [-0.3, -0.25) is 19.7 Å². The number of nitrogens with zero attached hydrogens (tertiary/aromatic N) is 5. The van der Waals surface area contributed by atoms with E-state index in [1.807, 2.05) is 51.1 Å². The number of aromatic nitrogens is 4. The van der Waals surface area contributed by atoms with E-state index >= 15 is 0 Å². The minimum atomic E-state index is -0.545. The molecule has 0 unspecified atom stereocenters. The van der Waals surface area contributed by atoms with E-state index in [-0.39, 0.29) is 28.8 Å². The molecular weight excluding hydrogens is 538 g/mol. The molecule has 2 amide bonds. The number of nitro groups is 1. The van der Waals surface area contributed by atoms with Gasteiger partial charge < -0.3 is 15.2 Å². The highest BCUT2D eigenvalue weighted by molar-refractivity contribution is 7.99. The number of anilines is 1. The van der Waals surface area contributed by atoms with Gasteiger partial charge in [-0.05, 0) is 18.9 Å². The summed E-state index contributed by atoms with van der Waals surface area (Å²) in [5, 5.41) is 26.4. The van der Waals surface area contributed by atoms with Gasteiger partial charge in [0.2, 0.25) is 5.91 Å². The van der Waals surface area contributed by atoms with E-state index in [1.54, 1.807) is 11.6 Å². The van der Waals surface area contributed by atoms with Crippen LogP contribution in [0.1, 0.15) is 40.9 Å². The molecule has 0 saturated heterocycles. The Morgan fingerprint density at radius 3 is 2.56 bits per heavy atom. The lowest BCUT2D eigenvalue weighted by molar-refractivity contribution is -0.384. The molecule has 202 valence electrons. The predicted molar refractivity (Wildman–Crippen MR) is 151 cm³/mol. The summed E-state index contributed by atoms with van der Waals surface area (Å²) >= 11 is 2.64. The van der Waals surface area contributed by atoms with Gasteiger partial charge in [-0.1, -0.05) is 62.0 Å². The molecule has 0 bridgehead atoms. The summed E-state index contributed by atoms with van der Waals surface area (Å²) in [6.45, 7) is 5.81. The first-order chi connectivity index (χ1) is 18.6. The van der Waals surface area contributed by atoms with Crippen molar-refractivity contribution in [1.29, 1.82) is 0 Å². The highest BCUT2D eigenvalue weighted by atomic mass is 32.2. The van der Waals surface area contributed by atoms with E-state index in [4.69, 9.17) is 0 Å². The maximum atomic E-state index is 12.9. The zero-order valence-corrected chi connectivity index (χ0v) is 23.4.